The van der Waals surface area contributed by atoms with E-state index in [0.717, 1.165) is 23.8 Å². The lowest BCUT2D eigenvalue weighted by atomic mass is 9.96. The number of allylic oxidation sites excluding steroid dienone is 3. The van der Waals surface area contributed by atoms with Crippen LogP contribution in [0.15, 0.2) is 28.5 Å². The first-order valence-corrected chi connectivity index (χ1v) is 14.9. The van der Waals surface area contributed by atoms with E-state index in [9.17, 15) is 14.4 Å². The molecule has 9 nitrogen and oxygen atoms in total. The maximum Gasteiger partial charge on any atom is 0.346 e. The molecule has 1 aliphatic carbocycles. The molecule has 1 aliphatic rings. The molecule has 228 valence electrons. The Bertz CT molecular complexity index is 1180. The van der Waals surface area contributed by atoms with Crippen LogP contribution in [0.2, 0.25) is 0 Å². The van der Waals surface area contributed by atoms with Gasteiger partial charge in [-0.2, -0.15) is 4.68 Å². The summed E-state index contributed by atoms with van der Waals surface area (Å²) < 4.78 is 11.6. The highest BCUT2D eigenvalue weighted by atomic mass is 32.2. The summed E-state index contributed by atoms with van der Waals surface area (Å²) in [5.41, 5.74) is 1.85. The number of thioether (sulfide) groups is 1. The van der Waals surface area contributed by atoms with Crippen LogP contribution in [0, 0.1) is 29.6 Å². The number of carbonyl (C=O) groups excluding carboxylic acids is 3. The number of terminal acetylenes is 1. The molecule has 1 aromatic rings. The van der Waals surface area contributed by atoms with E-state index in [0.29, 0.717) is 17.6 Å². The highest BCUT2D eigenvalue weighted by Crippen LogP contribution is 2.60. The quantitative estimate of drug-likeness (QED) is 0.152. The Balaban J connectivity index is 0.000000410. The van der Waals surface area contributed by atoms with E-state index in [1.165, 1.54) is 15.2 Å². The number of amides is 1. The summed E-state index contributed by atoms with van der Waals surface area (Å²) in [7, 11) is 3.28. The number of carbonyl (C=O) groups is 3. The zero-order valence-corrected chi connectivity index (χ0v) is 27.6. The van der Waals surface area contributed by atoms with Crippen LogP contribution in [0.1, 0.15) is 81.5 Å². The third-order valence-corrected chi connectivity index (χ3v) is 7.34. The smallest absolute Gasteiger partial charge is 0.346 e. The van der Waals surface area contributed by atoms with Crippen LogP contribution in [0.5, 0.6) is 0 Å². The molecule has 1 amide bonds. The number of hydrogen-bond acceptors (Lipinski definition) is 8. The first-order valence-electron chi connectivity index (χ1n) is 13.9. The van der Waals surface area contributed by atoms with Crippen molar-refractivity contribution in [2.45, 2.75) is 92.3 Å². The van der Waals surface area contributed by atoms with Crippen molar-refractivity contribution in [2.75, 3.05) is 26.5 Å². The van der Waals surface area contributed by atoms with E-state index in [4.69, 9.17) is 15.9 Å². The van der Waals surface area contributed by atoms with Crippen molar-refractivity contribution in [2.24, 2.45) is 17.3 Å². The summed E-state index contributed by atoms with van der Waals surface area (Å²) in [6.07, 6.45) is 9.99. The Labute approximate surface area is 250 Å². The van der Waals surface area contributed by atoms with Crippen molar-refractivity contribution in [1.29, 1.82) is 0 Å². The zero-order valence-electron chi connectivity index (χ0n) is 26.8. The molecule has 1 aromatic heterocycles. The van der Waals surface area contributed by atoms with Crippen LogP contribution >= 0.6 is 11.8 Å². The molecule has 10 heteroatoms. The Morgan fingerprint density at radius 2 is 1.80 bits per heavy atom. The Morgan fingerprint density at radius 3 is 2.27 bits per heavy atom. The monoisotopic (exact) mass is 588 g/mol. The second-order valence-corrected chi connectivity index (χ2v) is 13.0. The van der Waals surface area contributed by atoms with E-state index in [-0.39, 0.29) is 46.4 Å². The minimum atomic E-state index is -0.536. The molecule has 0 N–H and O–H groups in total. The number of nitrogens with zero attached hydrogens (tertiary/aromatic N) is 4. The second-order valence-electron chi connectivity index (χ2n) is 12.1. The molecule has 0 bridgehead atoms. The summed E-state index contributed by atoms with van der Waals surface area (Å²) in [6, 6.07) is -0.302. The predicted molar refractivity (Wildman–Crippen MR) is 164 cm³/mol. The van der Waals surface area contributed by atoms with Gasteiger partial charge in [0, 0.05) is 19.5 Å². The molecular formula is C31H48N4O5S. The number of aromatic nitrogens is 3. The first kappa shape index (κ1) is 36.0. The summed E-state index contributed by atoms with van der Waals surface area (Å²) in [4.78, 5) is 41.7. The fourth-order valence-corrected chi connectivity index (χ4v) is 4.75. The molecule has 0 radical (unpaired) electrons. The molecule has 2 rings (SSSR count). The second kappa shape index (κ2) is 15.2. The fourth-order valence-electron chi connectivity index (χ4n) is 4.02. The Morgan fingerprint density at radius 1 is 1.20 bits per heavy atom. The van der Waals surface area contributed by atoms with Gasteiger partial charge in [-0.05, 0) is 51.0 Å². The summed E-state index contributed by atoms with van der Waals surface area (Å²) in [5, 5.41) is 4.66. The van der Waals surface area contributed by atoms with Crippen LogP contribution in [0.25, 0.3) is 0 Å². The van der Waals surface area contributed by atoms with E-state index >= 15 is 0 Å². The van der Waals surface area contributed by atoms with Gasteiger partial charge in [0.1, 0.15) is 0 Å². The molecule has 0 spiro atoms. The molecular weight excluding hydrogens is 540 g/mol. The molecule has 0 aromatic carbocycles. The van der Waals surface area contributed by atoms with Gasteiger partial charge in [0.2, 0.25) is 0 Å². The highest BCUT2D eigenvalue weighted by molar-refractivity contribution is 7.99. The normalized spacial score (nSPS) is 18.2. The average molecular weight is 589 g/mol. The maximum absolute atomic E-state index is 12.3. The van der Waals surface area contributed by atoms with Gasteiger partial charge < -0.3 is 14.4 Å². The van der Waals surface area contributed by atoms with E-state index in [2.05, 4.69) is 49.8 Å². The van der Waals surface area contributed by atoms with Crippen LogP contribution < -0.4 is 0 Å². The largest absolute Gasteiger partial charge is 0.465 e. The van der Waals surface area contributed by atoms with Crippen LogP contribution in [-0.4, -0.2) is 70.2 Å². The summed E-state index contributed by atoms with van der Waals surface area (Å²) >= 11 is 1.15. The van der Waals surface area contributed by atoms with Gasteiger partial charge >= 0.3 is 18.0 Å². The molecule has 1 heterocycles. The van der Waals surface area contributed by atoms with Gasteiger partial charge in [0.05, 0.1) is 18.3 Å². The molecule has 1 saturated carbocycles. The summed E-state index contributed by atoms with van der Waals surface area (Å²) in [5.74, 6) is 2.87. The number of ether oxygens (including phenoxy) is 2. The fraction of sp³-hybridized carbons (Fsp3) is 0.645. The third kappa shape index (κ3) is 10.4. The van der Waals surface area contributed by atoms with Crippen molar-refractivity contribution < 1.29 is 23.9 Å². The van der Waals surface area contributed by atoms with Gasteiger partial charge in [-0.15, -0.1) is 11.5 Å². The third-order valence-electron chi connectivity index (χ3n) is 6.44. The van der Waals surface area contributed by atoms with Gasteiger partial charge in [-0.3, -0.25) is 9.59 Å². The zero-order chi connectivity index (χ0) is 31.7. The molecule has 0 saturated heterocycles. The average Bonchev–Trinajstić information content (AvgIpc) is 3.18. The van der Waals surface area contributed by atoms with Gasteiger partial charge in [-0.1, -0.05) is 76.9 Å². The first-order chi connectivity index (χ1) is 18.9. The van der Waals surface area contributed by atoms with Crippen LogP contribution in [0.4, 0.5) is 4.79 Å². The number of hydrogen-bond donors (Lipinski definition) is 0. The van der Waals surface area contributed by atoms with Gasteiger partial charge in [0.25, 0.3) is 0 Å². The van der Waals surface area contributed by atoms with E-state index < -0.39 is 6.10 Å². The Hall–Kier alpha value is -3.06. The van der Waals surface area contributed by atoms with Gasteiger partial charge in [-0.25, -0.2) is 9.78 Å². The molecule has 2 unspecified atom stereocenters. The molecule has 0 aliphatic heterocycles. The minimum absolute atomic E-state index is 0.0319. The topological polar surface area (TPSA) is 104 Å². The predicted octanol–water partition coefficient (Wildman–Crippen LogP) is 5.89. The lowest BCUT2D eigenvalue weighted by Crippen LogP contribution is -2.29. The number of rotatable bonds is 9. The van der Waals surface area contributed by atoms with Crippen molar-refractivity contribution in [3.63, 3.8) is 0 Å². The van der Waals surface area contributed by atoms with Crippen molar-refractivity contribution in [1.82, 2.24) is 19.7 Å². The van der Waals surface area contributed by atoms with Gasteiger partial charge in [0.15, 0.2) is 17.1 Å². The van der Waals surface area contributed by atoms with Crippen molar-refractivity contribution >= 4 is 29.7 Å². The van der Waals surface area contributed by atoms with Crippen molar-refractivity contribution in [3.8, 4) is 12.3 Å². The SMILES string of the molecule is C#CC(OC(=O)[C@@H]1C(C=C(C)C)C1(C)C)/C(C)=C/CC.CCOC(=O)CSc1nc(C(C)(C)C)nn1C(=O)N(C)C. The van der Waals surface area contributed by atoms with Crippen LogP contribution in [0.3, 0.4) is 0 Å². The lowest BCUT2D eigenvalue weighted by molar-refractivity contribution is -0.147. The number of esters is 2. The maximum atomic E-state index is 12.3. The van der Waals surface area contributed by atoms with Crippen molar-refractivity contribution in [3.05, 3.63) is 29.1 Å². The van der Waals surface area contributed by atoms with E-state index in [1.807, 2.05) is 40.7 Å². The van der Waals surface area contributed by atoms with E-state index in [1.54, 1.807) is 21.0 Å². The Kier molecular flexibility index (Phi) is 13.4. The summed E-state index contributed by atoms with van der Waals surface area (Å²) in [6.45, 7) is 20.2. The molecule has 3 atom stereocenters. The van der Waals surface area contributed by atoms with Crippen LogP contribution in [-0.2, 0) is 24.5 Å². The lowest BCUT2D eigenvalue weighted by Gasteiger charge is -2.13. The highest BCUT2D eigenvalue weighted by Gasteiger charge is 2.61. The molecule has 41 heavy (non-hydrogen) atoms. The standard InChI is InChI=1S/C18H26O2.C13H22N4O3S/c1-8-10-13(5)15(9-2)20-17(19)16-14(11-12(3)4)18(16,6)7;1-7-20-9(18)8-21-11-14-10(13(2,3)4)15-17(11)12(19)16(5)6/h2,10-11,14-16H,8H2,1,3-7H3;7-8H2,1-6H3/b13-10+;/t14?,15?,16-;/m0./s1. The minimum Gasteiger partial charge on any atom is -0.465 e. The molecule has 1 fully saturated rings.